The number of morpholine rings is 1. The van der Waals surface area contributed by atoms with Crippen molar-refractivity contribution in [3.8, 4) is 11.5 Å². The highest BCUT2D eigenvalue weighted by molar-refractivity contribution is 6.50. The summed E-state index contributed by atoms with van der Waals surface area (Å²) in [5, 5.41) is 19.1. The molecule has 0 radical (unpaired) electrons. The average molecular weight is 608 g/mol. The van der Waals surface area contributed by atoms with Crippen LogP contribution in [0.1, 0.15) is 37.8 Å². The first kappa shape index (κ1) is 31.0. The van der Waals surface area contributed by atoms with Crippen molar-refractivity contribution in [1.29, 1.82) is 0 Å². The molecular formula is C32H37N3O9. The van der Waals surface area contributed by atoms with Crippen molar-refractivity contribution in [2.45, 2.75) is 32.2 Å². The van der Waals surface area contributed by atoms with Gasteiger partial charge in [0.05, 0.1) is 24.5 Å². The number of hydrogen-bond acceptors (Lipinski definition) is 9. The minimum absolute atomic E-state index is 0.180. The second kappa shape index (κ2) is 13.1. The van der Waals surface area contributed by atoms with E-state index in [0.717, 1.165) is 20.0 Å². The van der Waals surface area contributed by atoms with Gasteiger partial charge in [-0.25, -0.2) is 0 Å². The molecule has 12 heteroatoms. The molecule has 2 aromatic rings. The predicted molar refractivity (Wildman–Crippen MR) is 160 cm³/mol. The maximum absolute atomic E-state index is 14.5. The van der Waals surface area contributed by atoms with Crippen molar-refractivity contribution in [1.82, 2.24) is 9.80 Å². The Labute approximate surface area is 255 Å². The molecule has 0 saturated carbocycles. The van der Waals surface area contributed by atoms with Gasteiger partial charge in [0.2, 0.25) is 0 Å². The van der Waals surface area contributed by atoms with Crippen molar-refractivity contribution >= 4 is 35.0 Å². The number of aliphatic hydroxyl groups is 1. The van der Waals surface area contributed by atoms with Crippen LogP contribution in [0.4, 0.5) is 5.69 Å². The van der Waals surface area contributed by atoms with Gasteiger partial charge in [-0.15, -0.1) is 0 Å². The number of likely N-dealkylation sites (tertiary alicyclic amines) is 1. The highest BCUT2D eigenvalue weighted by Crippen LogP contribution is 2.54. The summed E-state index contributed by atoms with van der Waals surface area (Å²) in [4.78, 5) is 56.3. The second-order valence-electron chi connectivity index (χ2n) is 10.9. The third-order valence-electron chi connectivity index (χ3n) is 8.03. The van der Waals surface area contributed by atoms with Crippen molar-refractivity contribution in [2.24, 2.45) is 0 Å². The molecule has 2 saturated heterocycles. The number of carbonyl (C=O) groups is 4. The number of carboxylic acids is 1. The molecule has 4 heterocycles. The third-order valence-corrected chi connectivity index (χ3v) is 8.03. The van der Waals surface area contributed by atoms with E-state index >= 15 is 0 Å². The summed E-state index contributed by atoms with van der Waals surface area (Å²) >= 11 is 0. The van der Waals surface area contributed by atoms with Crippen LogP contribution in [0.5, 0.6) is 11.5 Å². The maximum atomic E-state index is 14.5. The predicted octanol–water partition coefficient (Wildman–Crippen LogP) is 2.60. The van der Waals surface area contributed by atoms with Gasteiger partial charge in [-0.05, 0) is 37.1 Å². The van der Waals surface area contributed by atoms with Crippen molar-refractivity contribution < 1.29 is 43.6 Å². The Bertz CT molecular complexity index is 1480. The zero-order chi connectivity index (χ0) is 31.4. The number of para-hydroxylation sites is 1. The molecule has 0 bridgehead atoms. The number of carbonyl (C=O) groups excluding carboxylic acids is 3. The van der Waals surface area contributed by atoms with E-state index in [9.17, 15) is 19.5 Å². The number of rotatable bonds is 7. The smallest absolute Gasteiger partial charge is 0.300 e. The van der Waals surface area contributed by atoms with Crippen molar-refractivity contribution in [3.05, 3.63) is 59.2 Å². The number of nitrogens with zero attached hydrogens (tertiary/aromatic N) is 3. The lowest BCUT2D eigenvalue weighted by atomic mass is 9.81. The van der Waals surface area contributed by atoms with Gasteiger partial charge in [0.15, 0.2) is 17.0 Å². The molecule has 1 atom stereocenters. The van der Waals surface area contributed by atoms with E-state index in [2.05, 4.69) is 4.90 Å². The van der Waals surface area contributed by atoms with Crippen LogP contribution in [0, 0.1) is 0 Å². The SMILES string of the molecule is CC(=O)O.CCCN1C(=O)C2(/C(=C(\O)c3ccc4c(c3)OCCO4)C(=O)C(=O)N2CCCN2CCOCC2)c2ccccc21. The van der Waals surface area contributed by atoms with E-state index in [1.54, 1.807) is 35.2 Å². The maximum Gasteiger partial charge on any atom is 0.300 e. The van der Waals surface area contributed by atoms with Gasteiger partial charge in [0.25, 0.3) is 23.6 Å². The molecule has 2 fully saturated rings. The van der Waals surface area contributed by atoms with Gasteiger partial charge >= 0.3 is 0 Å². The van der Waals surface area contributed by atoms with Gasteiger partial charge in [0.1, 0.15) is 19.0 Å². The molecule has 0 aromatic heterocycles. The zero-order valence-corrected chi connectivity index (χ0v) is 24.9. The van der Waals surface area contributed by atoms with Crippen LogP contribution in [-0.2, 0) is 29.5 Å². The summed E-state index contributed by atoms with van der Waals surface area (Å²) in [7, 11) is 0. The normalized spacial score (nSPS) is 22.2. The van der Waals surface area contributed by atoms with Crippen LogP contribution < -0.4 is 14.4 Å². The molecule has 6 rings (SSSR count). The topological polar surface area (TPSA) is 146 Å². The summed E-state index contributed by atoms with van der Waals surface area (Å²) in [6.07, 6.45) is 1.24. The number of aliphatic carboxylic acids is 1. The summed E-state index contributed by atoms with van der Waals surface area (Å²) in [5.41, 5.74) is -0.533. The molecular weight excluding hydrogens is 570 g/mol. The summed E-state index contributed by atoms with van der Waals surface area (Å²) in [6, 6.07) is 12.1. The Balaban J connectivity index is 0.000000906. The first-order valence-corrected chi connectivity index (χ1v) is 14.8. The molecule has 1 spiro atoms. The monoisotopic (exact) mass is 607 g/mol. The molecule has 2 N–H and O–H groups in total. The summed E-state index contributed by atoms with van der Waals surface area (Å²) in [6.45, 7) is 7.99. The van der Waals surface area contributed by atoms with Crippen LogP contribution in [0.15, 0.2) is 48.0 Å². The molecule has 4 aliphatic heterocycles. The lowest BCUT2D eigenvalue weighted by molar-refractivity contribution is -0.143. The van der Waals surface area contributed by atoms with E-state index in [-0.39, 0.29) is 17.7 Å². The first-order chi connectivity index (χ1) is 21.2. The quantitative estimate of drug-likeness (QED) is 0.274. The first-order valence-electron chi connectivity index (χ1n) is 14.8. The molecule has 0 aliphatic carbocycles. The standard InChI is InChI=1S/C30H33N3O7.C2H4O2/c1-2-10-32-22-7-4-3-6-21(22)30(29(32)37)25(26(34)20-8-9-23-24(19-20)40-18-17-39-23)27(35)28(36)33(30)12-5-11-31-13-15-38-16-14-31;1-2(3)4/h3-4,6-9,19,34H,2,5,10-18H2,1H3;1H3,(H,3,4)/b26-25-;. The fourth-order valence-corrected chi connectivity index (χ4v) is 6.22. The number of amides is 2. The fourth-order valence-electron chi connectivity index (χ4n) is 6.22. The Morgan fingerprint density at radius 1 is 0.909 bits per heavy atom. The minimum Gasteiger partial charge on any atom is -0.507 e. The van der Waals surface area contributed by atoms with Crippen LogP contribution in [-0.4, -0.2) is 103 Å². The van der Waals surface area contributed by atoms with Gasteiger partial charge in [-0.3, -0.25) is 24.1 Å². The van der Waals surface area contributed by atoms with E-state index in [4.69, 9.17) is 24.1 Å². The molecule has 4 aliphatic rings. The largest absolute Gasteiger partial charge is 0.507 e. The van der Waals surface area contributed by atoms with Crippen LogP contribution in [0.3, 0.4) is 0 Å². The van der Waals surface area contributed by atoms with E-state index < -0.39 is 34.9 Å². The Kier molecular flexibility index (Phi) is 9.21. The molecule has 2 aromatic carbocycles. The van der Waals surface area contributed by atoms with Crippen molar-refractivity contribution in [2.75, 3.05) is 64.1 Å². The Hall–Kier alpha value is -4.42. The highest BCUT2D eigenvalue weighted by Gasteiger charge is 2.66. The van der Waals surface area contributed by atoms with E-state index in [1.165, 1.54) is 4.90 Å². The molecule has 44 heavy (non-hydrogen) atoms. The number of Topliss-reactive ketones (excluding diaryl/α,β-unsaturated/α-hetero) is 1. The number of hydrogen-bond donors (Lipinski definition) is 2. The fraction of sp³-hybridized carbons (Fsp3) is 0.438. The van der Waals surface area contributed by atoms with Crippen LogP contribution >= 0.6 is 0 Å². The minimum atomic E-state index is -1.76. The lowest BCUT2D eigenvalue weighted by Crippen LogP contribution is -2.52. The number of fused-ring (bicyclic) bond motifs is 3. The van der Waals surface area contributed by atoms with Gasteiger partial charge in [0, 0.05) is 50.8 Å². The number of carboxylic acid groups (broad SMARTS) is 1. The molecule has 1 unspecified atom stereocenters. The van der Waals surface area contributed by atoms with Crippen molar-refractivity contribution in [3.63, 3.8) is 0 Å². The number of benzene rings is 2. The summed E-state index contributed by atoms with van der Waals surface area (Å²) < 4.78 is 16.7. The zero-order valence-electron chi connectivity index (χ0n) is 24.9. The second-order valence-corrected chi connectivity index (χ2v) is 10.9. The molecule has 234 valence electrons. The van der Waals surface area contributed by atoms with E-state index in [1.807, 2.05) is 19.1 Å². The number of ketones is 1. The molecule has 2 amide bonds. The third kappa shape index (κ3) is 5.50. The molecule has 12 nitrogen and oxygen atoms in total. The van der Waals surface area contributed by atoms with Crippen LogP contribution in [0.2, 0.25) is 0 Å². The average Bonchev–Trinajstić information content (AvgIpc) is 3.40. The highest BCUT2D eigenvalue weighted by atomic mass is 16.6. The number of anilines is 1. The van der Waals surface area contributed by atoms with E-state index in [0.29, 0.717) is 75.1 Å². The Morgan fingerprint density at radius 2 is 1.59 bits per heavy atom. The Morgan fingerprint density at radius 3 is 2.30 bits per heavy atom. The van der Waals surface area contributed by atoms with Gasteiger partial charge in [-0.2, -0.15) is 0 Å². The van der Waals surface area contributed by atoms with Gasteiger partial charge in [-0.1, -0.05) is 25.1 Å². The van der Waals surface area contributed by atoms with Gasteiger partial charge < -0.3 is 34.2 Å². The van der Waals surface area contributed by atoms with Crippen LogP contribution in [0.25, 0.3) is 5.76 Å². The lowest BCUT2D eigenvalue weighted by Gasteiger charge is -2.35. The number of ether oxygens (including phenoxy) is 3. The summed E-state index contributed by atoms with van der Waals surface area (Å²) in [5.74, 6) is -2.36. The number of aliphatic hydroxyl groups excluding tert-OH is 1.